The predicted octanol–water partition coefficient (Wildman–Crippen LogP) is 2.00. The highest BCUT2D eigenvalue weighted by atomic mass is 19.4. The lowest BCUT2D eigenvalue weighted by atomic mass is 10.0. The first-order valence-electron chi connectivity index (χ1n) is 5.22. The number of aryl methyl sites for hydroxylation is 1. The van der Waals surface area contributed by atoms with Gasteiger partial charge < -0.3 is 10.8 Å². The molecule has 104 valence electrons. The first-order valence-corrected chi connectivity index (χ1v) is 5.22. The van der Waals surface area contributed by atoms with Gasteiger partial charge in [0.1, 0.15) is 0 Å². The molecule has 3 N–H and O–H groups in total. The van der Waals surface area contributed by atoms with E-state index < -0.39 is 12.1 Å². The highest BCUT2D eigenvalue weighted by molar-refractivity contribution is 5.73. The fourth-order valence-corrected chi connectivity index (χ4v) is 1.17. The molecule has 1 aromatic carbocycles. The topological polar surface area (TPSA) is 87.1 Å². The Labute approximate surface area is 108 Å². The second-order valence-corrected chi connectivity index (χ2v) is 3.60. The summed E-state index contributed by atoms with van der Waals surface area (Å²) in [5, 5.41) is 15.8. The van der Waals surface area contributed by atoms with Gasteiger partial charge in [-0.1, -0.05) is 12.1 Å². The molecule has 0 aliphatic rings. The highest BCUT2D eigenvalue weighted by Crippen LogP contribution is 2.13. The molecule has 0 spiro atoms. The van der Waals surface area contributed by atoms with Crippen molar-refractivity contribution >= 4 is 5.97 Å². The number of nitrogens with zero attached hydrogens (tertiary/aromatic N) is 1. The molecule has 1 aromatic rings. The SMILES string of the molecule is Cc1cc(CCN)ccc1C#N.O=C(O)C(F)(F)F. The summed E-state index contributed by atoms with van der Waals surface area (Å²) in [5.74, 6) is -2.76. The van der Waals surface area contributed by atoms with E-state index in [9.17, 15) is 13.2 Å². The van der Waals surface area contributed by atoms with E-state index in [-0.39, 0.29) is 0 Å². The van der Waals surface area contributed by atoms with Crippen LogP contribution in [0.5, 0.6) is 0 Å². The fourth-order valence-electron chi connectivity index (χ4n) is 1.17. The number of nitrogens with two attached hydrogens (primary N) is 1. The van der Waals surface area contributed by atoms with Gasteiger partial charge in [0.05, 0.1) is 11.6 Å². The molecule has 0 saturated carbocycles. The Hall–Kier alpha value is -2.07. The van der Waals surface area contributed by atoms with Gasteiger partial charge in [-0.2, -0.15) is 18.4 Å². The Balaban J connectivity index is 0.000000399. The molecule has 7 heteroatoms. The first kappa shape index (κ1) is 16.9. The van der Waals surface area contributed by atoms with Gasteiger partial charge in [-0.05, 0) is 37.1 Å². The lowest BCUT2D eigenvalue weighted by Crippen LogP contribution is -2.21. The van der Waals surface area contributed by atoms with Crippen molar-refractivity contribution in [1.82, 2.24) is 0 Å². The molecule has 0 atom stereocenters. The van der Waals surface area contributed by atoms with Gasteiger partial charge in [0.25, 0.3) is 0 Å². The summed E-state index contributed by atoms with van der Waals surface area (Å²) in [6, 6.07) is 7.96. The van der Waals surface area contributed by atoms with E-state index in [1.165, 1.54) is 5.56 Å². The van der Waals surface area contributed by atoms with Crippen LogP contribution in [0.25, 0.3) is 0 Å². The number of rotatable bonds is 2. The fraction of sp³-hybridized carbons (Fsp3) is 0.333. The van der Waals surface area contributed by atoms with E-state index in [1.54, 1.807) is 0 Å². The molecule has 0 aliphatic heterocycles. The van der Waals surface area contributed by atoms with Gasteiger partial charge >= 0.3 is 12.1 Å². The number of carboxylic acid groups (broad SMARTS) is 1. The van der Waals surface area contributed by atoms with Crippen molar-refractivity contribution in [3.63, 3.8) is 0 Å². The molecular formula is C12H13F3N2O2. The third-order valence-corrected chi connectivity index (χ3v) is 2.09. The molecule has 0 aliphatic carbocycles. The molecule has 1 rings (SSSR count). The summed E-state index contributed by atoms with van der Waals surface area (Å²) in [6.07, 6.45) is -4.20. The minimum Gasteiger partial charge on any atom is -0.475 e. The normalized spacial score (nSPS) is 10.1. The van der Waals surface area contributed by atoms with Crippen molar-refractivity contribution in [3.8, 4) is 6.07 Å². The van der Waals surface area contributed by atoms with Gasteiger partial charge in [0.2, 0.25) is 0 Å². The number of carboxylic acids is 1. The number of alkyl halides is 3. The number of aliphatic carboxylic acids is 1. The molecule has 0 amide bonds. The monoisotopic (exact) mass is 274 g/mol. The Morgan fingerprint density at radius 3 is 2.32 bits per heavy atom. The number of carbonyl (C=O) groups is 1. The maximum absolute atomic E-state index is 10.6. The van der Waals surface area contributed by atoms with Crippen LogP contribution < -0.4 is 5.73 Å². The summed E-state index contributed by atoms with van der Waals surface area (Å²) in [5.41, 5.74) is 8.40. The van der Waals surface area contributed by atoms with E-state index in [2.05, 4.69) is 6.07 Å². The van der Waals surface area contributed by atoms with Crippen LogP contribution >= 0.6 is 0 Å². The van der Waals surface area contributed by atoms with E-state index in [1.807, 2.05) is 25.1 Å². The van der Waals surface area contributed by atoms with Gasteiger partial charge in [-0.15, -0.1) is 0 Å². The largest absolute Gasteiger partial charge is 0.490 e. The van der Waals surface area contributed by atoms with Gasteiger partial charge in [-0.25, -0.2) is 4.79 Å². The summed E-state index contributed by atoms with van der Waals surface area (Å²) < 4.78 is 31.7. The predicted molar refractivity (Wildman–Crippen MR) is 62.3 cm³/mol. The molecule has 0 unspecified atom stereocenters. The van der Waals surface area contributed by atoms with Crippen molar-refractivity contribution in [1.29, 1.82) is 5.26 Å². The summed E-state index contributed by atoms with van der Waals surface area (Å²) in [6.45, 7) is 2.60. The van der Waals surface area contributed by atoms with Crippen LogP contribution in [0.1, 0.15) is 16.7 Å². The van der Waals surface area contributed by atoms with Crippen molar-refractivity contribution in [2.45, 2.75) is 19.5 Å². The third-order valence-electron chi connectivity index (χ3n) is 2.09. The summed E-state index contributed by atoms with van der Waals surface area (Å²) >= 11 is 0. The number of benzene rings is 1. The minimum absolute atomic E-state index is 0.658. The van der Waals surface area contributed by atoms with Crippen LogP contribution in [-0.4, -0.2) is 23.8 Å². The third kappa shape index (κ3) is 6.43. The number of hydrogen-bond acceptors (Lipinski definition) is 3. The summed E-state index contributed by atoms with van der Waals surface area (Å²) in [4.78, 5) is 8.90. The summed E-state index contributed by atoms with van der Waals surface area (Å²) in [7, 11) is 0. The zero-order valence-corrected chi connectivity index (χ0v) is 10.2. The first-order chi connectivity index (χ1) is 8.72. The number of nitriles is 1. The van der Waals surface area contributed by atoms with Crippen LogP contribution in [-0.2, 0) is 11.2 Å². The van der Waals surface area contributed by atoms with Gasteiger partial charge in [-0.3, -0.25) is 0 Å². The average Bonchev–Trinajstić information content (AvgIpc) is 2.29. The van der Waals surface area contributed by atoms with Crippen molar-refractivity contribution < 1.29 is 23.1 Å². The number of halogens is 3. The van der Waals surface area contributed by atoms with Crippen LogP contribution in [0.4, 0.5) is 13.2 Å². The molecule has 0 saturated heterocycles. The van der Waals surface area contributed by atoms with Crippen LogP contribution in [0, 0.1) is 18.3 Å². The molecule has 0 heterocycles. The Morgan fingerprint density at radius 2 is 2.00 bits per heavy atom. The quantitative estimate of drug-likeness (QED) is 0.863. The average molecular weight is 274 g/mol. The Bertz CT molecular complexity index is 479. The van der Waals surface area contributed by atoms with Crippen molar-refractivity contribution in [2.24, 2.45) is 5.73 Å². The molecule has 0 bridgehead atoms. The second kappa shape index (κ2) is 7.38. The standard InChI is InChI=1S/C10H12N2.C2HF3O2/c1-8-6-9(4-5-11)2-3-10(8)7-12;3-2(4,5)1(6)7/h2-3,6H,4-5,11H2,1H3;(H,6,7). The van der Waals surface area contributed by atoms with Crippen molar-refractivity contribution in [3.05, 3.63) is 34.9 Å². The number of hydrogen-bond donors (Lipinski definition) is 2. The zero-order valence-electron chi connectivity index (χ0n) is 10.2. The second-order valence-electron chi connectivity index (χ2n) is 3.60. The Kier molecular flexibility index (Phi) is 6.58. The lowest BCUT2D eigenvalue weighted by Gasteiger charge is -2.01. The minimum atomic E-state index is -5.08. The van der Waals surface area contributed by atoms with E-state index in [0.717, 1.165) is 17.5 Å². The highest BCUT2D eigenvalue weighted by Gasteiger charge is 2.38. The van der Waals surface area contributed by atoms with E-state index >= 15 is 0 Å². The van der Waals surface area contributed by atoms with Gasteiger partial charge in [0, 0.05) is 0 Å². The lowest BCUT2D eigenvalue weighted by molar-refractivity contribution is -0.192. The van der Waals surface area contributed by atoms with E-state index in [4.69, 9.17) is 20.9 Å². The van der Waals surface area contributed by atoms with Gasteiger partial charge in [0.15, 0.2) is 0 Å². The molecule has 4 nitrogen and oxygen atoms in total. The smallest absolute Gasteiger partial charge is 0.475 e. The van der Waals surface area contributed by atoms with Crippen LogP contribution in [0.3, 0.4) is 0 Å². The zero-order chi connectivity index (χ0) is 15.1. The molecule has 0 aromatic heterocycles. The maximum Gasteiger partial charge on any atom is 0.490 e. The molecule has 0 fully saturated rings. The van der Waals surface area contributed by atoms with Crippen LogP contribution in [0.2, 0.25) is 0 Å². The maximum atomic E-state index is 10.6. The molecule has 19 heavy (non-hydrogen) atoms. The van der Waals surface area contributed by atoms with E-state index in [0.29, 0.717) is 6.54 Å². The molecular weight excluding hydrogens is 261 g/mol. The molecule has 0 radical (unpaired) electrons. The van der Waals surface area contributed by atoms with Crippen molar-refractivity contribution in [2.75, 3.05) is 6.54 Å². The van der Waals surface area contributed by atoms with Crippen LogP contribution in [0.15, 0.2) is 18.2 Å². The Morgan fingerprint density at radius 1 is 1.47 bits per heavy atom.